The number of nitrogens with zero attached hydrogens (tertiary/aromatic N) is 1. The summed E-state index contributed by atoms with van der Waals surface area (Å²) in [6.45, 7) is 2.80. The van der Waals surface area contributed by atoms with E-state index < -0.39 is 0 Å². The van der Waals surface area contributed by atoms with Crippen molar-refractivity contribution in [3.63, 3.8) is 0 Å². The van der Waals surface area contributed by atoms with E-state index in [1.54, 1.807) is 0 Å². The van der Waals surface area contributed by atoms with Crippen molar-refractivity contribution in [2.45, 2.75) is 32.2 Å². The van der Waals surface area contributed by atoms with Crippen LogP contribution in [0.1, 0.15) is 25.3 Å². The van der Waals surface area contributed by atoms with E-state index in [0.717, 1.165) is 36.0 Å². The highest BCUT2D eigenvalue weighted by molar-refractivity contribution is 9.10. The molecule has 100 valence electrons. The van der Waals surface area contributed by atoms with Crippen LogP contribution in [0.15, 0.2) is 22.7 Å². The third kappa shape index (κ3) is 3.05. The monoisotopic (exact) mass is 332 g/mol. The Morgan fingerprint density at radius 3 is 2.94 bits per heavy atom. The van der Waals surface area contributed by atoms with Gasteiger partial charge in [0.25, 0.3) is 0 Å². The molecular weight excluding hydrogens is 316 g/mol. The van der Waals surface area contributed by atoms with Crippen LogP contribution in [-0.4, -0.2) is 18.5 Å². The first-order valence-corrected chi connectivity index (χ1v) is 6.78. The predicted octanol–water partition coefficient (Wildman–Crippen LogP) is 2.89. The van der Waals surface area contributed by atoms with Crippen LogP contribution in [0.5, 0.6) is 0 Å². The summed E-state index contributed by atoms with van der Waals surface area (Å²) in [5.41, 5.74) is 8.14. The second-order valence-electron chi connectivity index (χ2n) is 4.41. The molecule has 1 amide bonds. The van der Waals surface area contributed by atoms with E-state index in [1.165, 1.54) is 5.56 Å². The highest BCUT2D eigenvalue weighted by Gasteiger charge is 2.27. The summed E-state index contributed by atoms with van der Waals surface area (Å²) in [5, 5.41) is 0. The van der Waals surface area contributed by atoms with Crippen molar-refractivity contribution < 1.29 is 4.79 Å². The first-order chi connectivity index (χ1) is 8.13. The largest absolute Gasteiger partial charge is 0.320 e. The van der Waals surface area contributed by atoms with Crippen molar-refractivity contribution in [1.82, 2.24) is 0 Å². The molecule has 5 heteroatoms. The van der Waals surface area contributed by atoms with Crippen LogP contribution in [0, 0.1) is 0 Å². The molecule has 18 heavy (non-hydrogen) atoms. The Morgan fingerprint density at radius 2 is 2.28 bits per heavy atom. The van der Waals surface area contributed by atoms with E-state index in [1.807, 2.05) is 24.0 Å². The van der Waals surface area contributed by atoms with Crippen molar-refractivity contribution >= 4 is 39.9 Å². The fraction of sp³-hybridized carbons (Fsp3) is 0.462. The van der Waals surface area contributed by atoms with Gasteiger partial charge in [0, 0.05) is 16.7 Å². The summed E-state index contributed by atoms with van der Waals surface area (Å²) in [7, 11) is 0. The van der Waals surface area contributed by atoms with E-state index in [0.29, 0.717) is 0 Å². The molecule has 0 fully saturated rings. The van der Waals surface area contributed by atoms with Gasteiger partial charge in [0.05, 0.1) is 6.04 Å². The molecule has 1 unspecified atom stereocenters. The maximum Gasteiger partial charge on any atom is 0.243 e. The minimum absolute atomic E-state index is 0. The van der Waals surface area contributed by atoms with Crippen LogP contribution in [-0.2, 0) is 11.2 Å². The molecule has 1 aromatic rings. The zero-order valence-electron chi connectivity index (χ0n) is 10.4. The van der Waals surface area contributed by atoms with Crippen molar-refractivity contribution in [2.75, 3.05) is 11.4 Å². The molecule has 0 radical (unpaired) electrons. The van der Waals surface area contributed by atoms with Gasteiger partial charge in [0.2, 0.25) is 5.91 Å². The number of fused-ring (bicyclic) bond motifs is 1. The van der Waals surface area contributed by atoms with Gasteiger partial charge >= 0.3 is 0 Å². The van der Waals surface area contributed by atoms with E-state index in [2.05, 4.69) is 22.0 Å². The number of rotatable bonds is 3. The lowest BCUT2D eigenvalue weighted by Gasteiger charge is -2.21. The first-order valence-electron chi connectivity index (χ1n) is 5.99. The summed E-state index contributed by atoms with van der Waals surface area (Å²) in [6.07, 6.45) is 2.61. The Morgan fingerprint density at radius 1 is 1.56 bits per heavy atom. The third-order valence-electron chi connectivity index (χ3n) is 3.13. The lowest BCUT2D eigenvalue weighted by atomic mass is 10.1. The summed E-state index contributed by atoms with van der Waals surface area (Å²) >= 11 is 3.44. The fourth-order valence-electron chi connectivity index (χ4n) is 2.22. The summed E-state index contributed by atoms with van der Waals surface area (Å²) in [5.74, 6) is 0.0451. The number of benzene rings is 1. The van der Waals surface area contributed by atoms with Gasteiger partial charge in [0.15, 0.2) is 0 Å². The molecule has 0 saturated heterocycles. The number of hydrogen-bond acceptors (Lipinski definition) is 2. The van der Waals surface area contributed by atoms with Gasteiger partial charge in [-0.25, -0.2) is 0 Å². The molecule has 1 aromatic carbocycles. The molecule has 0 aromatic heterocycles. The Hall–Kier alpha value is -0.580. The number of halogens is 2. The topological polar surface area (TPSA) is 46.3 Å². The summed E-state index contributed by atoms with van der Waals surface area (Å²) < 4.78 is 1.00. The minimum Gasteiger partial charge on any atom is -0.320 e. The van der Waals surface area contributed by atoms with Crippen LogP contribution in [0.4, 0.5) is 5.69 Å². The van der Waals surface area contributed by atoms with E-state index in [4.69, 9.17) is 5.73 Å². The fourth-order valence-corrected chi connectivity index (χ4v) is 2.56. The van der Waals surface area contributed by atoms with Gasteiger partial charge in [0.1, 0.15) is 0 Å². The molecule has 0 spiro atoms. The van der Waals surface area contributed by atoms with Gasteiger partial charge in [-0.1, -0.05) is 35.3 Å². The van der Waals surface area contributed by atoms with Crippen molar-refractivity contribution in [3.05, 3.63) is 28.2 Å². The van der Waals surface area contributed by atoms with Crippen LogP contribution >= 0.6 is 28.3 Å². The van der Waals surface area contributed by atoms with Gasteiger partial charge in [-0.2, -0.15) is 0 Å². The normalized spacial score (nSPS) is 14.9. The smallest absolute Gasteiger partial charge is 0.243 e. The van der Waals surface area contributed by atoms with Gasteiger partial charge in [-0.05, 0) is 30.5 Å². The summed E-state index contributed by atoms with van der Waals surface area (Å²) in [6, 6.07) is 5.71. The van der Waals surface area contributed by atoms with E-state index in [-0.39, 0.29) is 24.4 Å². The summed E-state index contributed by atoms with van der Waals surface area (Å²) in [4.78, 5) is 14.0. The minimum atomic E-state index is -0.370. The zero-order valence-corrected chi connectivity index (χ0v) is 12.8. The maximum absolute atomic E-state index is 12.2. The first kappa shape index (κ1) is 15.5. The average Bonchev–Trinajstić information content (AvgIpc) is 2.71. The van der Waals surface area contributed by atoms with Crippen LogP contribution in [0.2, 0.25) is 0 Å². The SMILES string of the molecule is CCCC(N)C(=O)N1CCc2ccc(Br)cc21.Cl. The Labute approximate surface area is 122 Å². The Kier molecular flexibility index (Phi) is 5.63. The number of carbonyl (C=O) groups is 1. The second-order valence-corrected chi connectivity index (χ2v) is 5.32. The number of anilines is 1. The van der Waals surface area contributed by atoms with Crippen molar-refractivity contribution in [2.24, 2.45) is 5.73 Å². The standard InChI is InChI=1S/C13H17BrN2O.ClH/c1-2-3-11(15)13(17)16-7-6-9-4-5-10(14)8-12(9)16;/h4-5,8,11H,2-3,6-7,15H2,1H3;1H. The maximum atomic E-state index is 12.2. The molecule has 1 heterocycles. The molecule has 1 aliphatic heterocycles. The highest BCUT2D eigenvalue weighted by atomic mass is 79.9. The van der Waals surface area contributed by atoms with Crippen LogP contribution < -0.4 is 10.6 Å². The van der Waals surface area contributed by atoms with Crippen molar-refractivity contribution in [1.29, 1.82) is 0 Å². The molecule has 2 rings (SSSR count). The van der Waals surface area contributed by atoms with Gasteiger partial charge < -0.3 is 10.6 Å². The molecule has 0 bridgehead atoms. The average molecular weight is 334 g/mol. The number of amides is 1. The van der Waals surface area contributed by atoms with E-state index in [9.17, 15) is 4.79 Å². The van der Waals surface area contributed by atoms with Gasteiger partial charge in [-0.15, -0.1) is 12.4 Å². The Bertz CT molecular complexity index is 439. The Balaban J connectivity index is 0.00000162. The third-order valence-corrected chi connectivity index (χ3v) is 3.62. The van der Waals surface area contributed by atoms with Crippen molar-refractivity contribution in [3.8, 4) is 0 Å². The second kappa shape index (κ2) is 6.55. The van der Waals surface area contributed by atoms with E-state index >= 15 is 0 Å². The molecule has 1 aliphatic rings. The highest BCUT2D eigenvalue weighted by Crippen LogP contribution is 2.31. The van der Waals surface area contributed by atoms with Gasteiger partial charge in [-0.3, -0.25) is 4.79 Å². The molecule has 0 saturated carbocycles. The lowest BCUT2D eigenvalue weighted by molar-refractivity contribution is -0.119. The van der Waals surface area contributed by atoms with Crippen LogP contribution in [0.3, 0.4) is 0 Å². The lowest BCUT2D eigenvalue weighted by Crippen LogP contribution is -2.43. The van der Waals surface area contributed by atoms with Crippen LogP contribution in [0.25, 0.3) is 0 Å². The number of carbonyl (C=O) groups excluding carboxylic acids is 1. The molecular formula is C13H18BrClN2O. The predicted molar refractivity (Wildman–Crippen MR) is 80.3 cm³/mol. The quantitative estimate of drug-likeness (QED) is 0.924. The zero-order chi connectivity index (χ0) is 12.4. The molecule has 1 atom stereocenters. The molecule has 2 N–H and O–H groups in total. The number of hydrogen-bond donors (Lipinski definition) is 1. The number of nitrogens with two attached hydrogens (primary N) is 1. The molecule has 0 aliphatic carbocycles. The molecule has 3 nitrogen and oxygen atoms in total.